The highest BCUT2D eigenvalue weighted by Crippen LogP contribution is 2.34. The smallest absolute Gasteiger partial charge is 0.151 e. The van der Waals surface area contributed by atoms with E-state index in [-0.39, 0.29) is 11.3 Å². The van der Waals surface area contributed by atoms with Crippen molar-refractivity contribution in [3.8, 4) is 6.07 Å². The van der Waals surface area contributed by atoms with E-state index in [4.69, 9.17) is 5.26 Å². The monoisotopic (exact) mass is 317 g/mol. The Morgan fingerprint density at radius 3 is 2.77 bits per heavy atom. The van der Waals surface area contributed by atoms with E-state index < -0.39 is 16.8 Å². The van der Waals surface area contributed by atoms with Gasteiger partial charge in [-0.1, -0.05) is 12.8 Å². The van der Waals surface area contributed by atoms with E-state index in [9.17, 15) is 8.60 Å². The number of halogens is 1. The number of anilines is 1. The van der Waals surface area contributed by atoms with Crippen LogP contribution in [0.3, 0.4) is 0 Å². The van der Waals surface area contributed by atoms with Gasteiger partial charge >= 0.3 is 0 Å². The van der Waals surface area contributed by atoms with Crippen molar-refractivity contribution in [1.29, 1.82) is 5.26 Å². The summed E-state index contributed by atoms with van der Waals surface area (Å²) < 4.78 is 28.8. The zero-order valence-corrected chi connectivity index (χ0v) is 12.8. The Kier molecular flexibility index (Phi) is 4.25. The second-order valence-electron chi connectivity index (χ2n) is 5.45. The van der Waals surface area contributed by atoms with Crippen LogP contribution in [-0.2, 0) is 11.0 Å². The summed E-state index contributed by atoms with van der Waals surface area (Å²) in [7, 11) is -1.54. The van der Waals surface area contributed by atoms with Crippen LogP contribution in [0.4, 0.5) is 10.1 Å². The second kappa shape index (κ2) is 6.32. The Morgan fingerprint density at radius 2 is 2.09 bits per heavy atom. The van der Waals surface area contributed by atoms with Crippen molar-refractivity contribution >= 4 is 16.7 Å². The largest absolute Gasteiger partial charge is 0.364 e. The highest BCUT2D eigenvalue weighted by Gasteiger charge is 2.19. The number of nitrogens with zero attached hydrogens (tertiary/aromatic N) is 1. The maximum atomic E-state index is 13.8. The van der Waals surface area contributed by atoms with E-state index in [1.165, 1.54) is 25.0 Å². The second-order valence-corrected chi connectivity index (χ2v) is 6.66. The van der Waals surface area contributed by atoms with Crippen LogP contribution in [0, 0.1) is 17.1 Å². The molecule has 1 fully saturated rings. The Hall–Kier alpha value is -2.13. The van der Waals surface area contributed by atoms with Crippen LogP contribution < -0.4 is 4.72 Å². The Labute approximate surface area is 130 Å². The molecule has 1 unspecified atom stereocenters. The summed E-state index contributed by atoms with van der Waals surface area (Å²) in [6.07, 6.45) is 6.49. The number of nitrogens with one attached hydrogen (secondary N) is 2. The number of H-pyrrole nitrogens is 1. The molecule has 1 atom stereocenters. The first-order chi connectivity index (χ1) is 10.7. The Morgan fingerprint density at radius 1 is 1.32 bits per heavy atom. The predicted molar refractivity (Wildman–Crippen MR) is 83.1 cm³/mol. The molecule has 3 rings (SSSR count). The van der Waals surface area contributed by atoms with Gasteiger partial charge in [0.15, 0.2) is 11.0 Å². The number of nitriles is 1. The molecule has 1 aliphatic carbocycles. The minimum atomic E-state index is -1.54. The first-order valence-electron chi connectivity index (χ1n) is 7.24. The third-order valence-corrected chi connectivity index (χ3v) is 5.06. The third kappa shape index (κ3) is 3.04. The van der Waals surface area contributed by atoms with Crippen LogP contribution in [0.1, 0.15) is 42.9 Å². The van der Waals surface area contributed by atoms with Gasteiger partial charge in [-0.25, -0.2) is 8.60 Å². The fourth-order valence-corrected chi connectivity index (χ4v) is 3.68. The number of hydrogen-bond acceptors (Lipinski definition) is 2. The topological polar surface area (TPSA) is 68.7 Å². The van der Waals surface area contributed by atoms with Crippen molar-refractivity contribution in [3.05, 3.63) is 47.5 Å². The van der Waals surface area contributed by atoms with Gasteiger partial charge in [0, 0.05) is 11.9 Å². The van der Waals surface area contributed by atoms with Crippen LogP contribution in [0.15, 0.2) is 35.4 Å². The van der Waals surface area contributed by atoms with E-state index in [0.717, 1.165) is 24.6 Å². The highest BCUT2D eigenvalue weighted by molar-refractivity contribution is 7.86. The summed E-state index contributed by atoms with van der Waals surface area (Å²) in [6.45, 7) is 0. The molecule has 1 aromatic carbocycles. The third-order valence-electron chi connectivity index (χ3n) is 3.99. The summed E-state index contributed by atoms with van der Waals surface area (Å²) in [4.78, 5) is 3.78. The molecule has 1 heterocycles. The number of rotatable bonds is 4. The van der Waals surface area contributed by atoms with Gasteiger partial charge in [0.25, 0.3) is 0 Å². The van der Waals surface area contributed by atoms with Crippen LogP contribution in [-0.4, -0.2) is 9.19 Å². The molecule has 2 N–H and O–H groups in total. The lowest BCUT2D eigenvalue weighted by atomic mass is 10.1. The minimum Gasteiger partial charge on any atom is -0.364 e. The lowest BCUT2D eigenvalue weighted by molar-refractivity contribution is 0.631. The van der Waals surface area contributed by atoms with Crippen molar-refractivity contribution < 1.29 is 8.60 Å². The molecule has 0 saturated heterocycles. The van der Waals surface area contributed by atoms with E-state index in [1.54, 1.807) is 6.20 Å². The molecule has 2 aromatic rings. The maximum absolute atomic E-state index is 13.8. The molecule has 1 aromatic heterocycles. The van der Waals surface area contributed by atoms with Gasteiger partial charge in [-0.2, -0.15) is 5.26 Å². The van der Waals surface area contributed by atoms with Crippen molar-refractivity contribution in [1.82, 2.24) is 4.98 Å². The highest BCUT2D eigenvalue weighted by atomic mass is 32.2. The van der Waals surface area contributed by atoms with Gasteiger partial charge in [-0.05, 0) is 43.0 Å². The zero-order valence-electron chi connectivity index (χ0n) is 11.9. The summed E-state index contributed by atoms with van der Waals surface area (Å²) in [5, 5.41) is 8.72. The van der Waals surface area contributed by atoms with Crippen molar-refractivity contribution in [3.63, 3.8) is 0 Å². The fourth-order valence-electron chi connectivity index (χ4n) is 2.80. The minimum absolute atomic E-state index is 0.126. The molecule has 0 aliphatic heterocycles. The van der Waals surface area contributed by atoms with Crippen molar-refractivity contribution in [2.75, 3.05) is 4.72 Å². The molecule has 0 radical (unpaired) electrons. The van der Waals surface area contributed by atoms with Crippen molar-refractivity contribution in [2.24, 2.45) is 0 Å². The molecular formula is C16H16FN3OS. The zero-order chi connectivity index (χ0) is 15.5. The summed E-state index contributed by atoms with van der Waals surface area (Å²) in [5.41, 5.74) is 1.46. The van der Waals surface area contributed by atoms with Crippen LogP contribution in [0.2, 0.25) is 0 Å². The van der Waals surface area contributed by atoms with Gasteiger partial charge in [0.05, 0.1) is 22.2 Å². The molecule has 22 heavy (non-hydrogen) atoms. The number of aromatic nitrogens is 1. The van der Waals surface area contributed by atoms with Gasteiger partial charge in [0.1, 0.15) is 5.82 Å². The Balaban J connectivity index is 1.73. The van der Waals surface area contributed by atoms with Gasteiger partial charge in [-0.15, -0.1) is 0 Å². The maximum Gasteiger partial charge on any atom is 0.151 e. The quantitative estimate of drug-likeness (QED) is 0.900. The number of hydrogen-bond donors (Lipinski definition) is 2. The number of aromatic amines is 1. The van der Waals surface area contributed by atoms with E-state index in [1.807, 2.05) is 12.1 Å². The molecular weight excluding hydrogens is 301 g/mol. The average molecular weight is 317 g/mol. The first kappa shape index (κ1) is 14.8. The fraction of sp³-hybridized carbons (Fsp3) is 0.312. The van der Waals surface area contributed by atoms with E-state index >= 15 is 0 Å². The summed E-state index contributed by atoms with van der Waals surface area (Å²) >= 11 is 0. The van der Waals surface area contributed by atoms with E-state index in [2.05, 4.69) is 9.71 Å². The van der Waals surface area contributed by atoms with Gasteiger partial charge in [0.2, 0.25) is 0 Å². The molecule has 1 aliphatic rings. The molecule has 4 nitrogen and oxygen atoms in total. The standard InChI is InChI=1S/C16H16FN3OS/c17-14-7-11(9-18)5-6-15(14)20-22(21)13-8-16(19-10-13)12-3-1-2-4-12/h5-8,10,12,19-20H,1-4H2. The lowest BCUT2D eigenvalue weighted by Crippen LogP contribution is -2.05. The van der Waals surface area contributed by atoms with Crippen LogP contribution in [0.5, 0.6) is 0 Å². The molecule has 0 amide bonds. The molecule has 0 bridgehead atoms. The first-order valence-corrected chi connectivity index (χ1v) is 8.39. The summed E-state index contributed by atoms with van der Waals surface area (Å²) in [5.74, 6) is -0.0728. The molecule has 6 heteroatoms. The van der Waals surface area contributed by atoms with Gasteiger partial charge in [-0.3, -0.25) is 4.72 Å². The van der Waals surface area contributed by atoms with Crippen LogP contribution >= 0.6 is 0 Å². The normalized spacial score (nSPS) is 16.4. The van der Waals surface area contributed by atoms with Crippen molar-refractivity contribution in [2.45, 2.75) is 36.5 Å². The molecule has 1 saturated carbocycles. The average Bonchev–Trinajstić information content (AvgIpc) is 3.19. The van der Waals surface area contributed by atoms with Crippen LogP contribution in [0.25, 0.3) is 0 Å². The number of benzene rings is 1. The molecule has 114 valence electrons. The molecule has 0 spiro atoms. The van der Waals surface area contributed by atoms with E-state index in [0.29, 0.717) is 10.8 Å². The predicted octanol–water partition coefficient (Wildman–Crippen LogP) is 3.82. The lowest BCUT2D eigenvalue weighted by Gasteiger charge is -2.06. The van der Waals surface area contributed by atoms with Gasteiger partial charge < -0.3 is 4.98 Å². The summed E-state index contributed by atoms with van der Waals surface area (Å²) in [6, 6.07) is 7.80. The Bertz CT molecular complexity index is 744. The SMILES string of the molecule is N#Cc1ccc(NS(=O)c2c[nH]c(C3CCCC3)c2)c(F)c1.